The van der Waals surface area contributed by atoms with E-state index >= 15 is 0 Å². The summed E-state index contributed by atoms with van der Waals surface area (Å²) in [4.78, 5) is 14.1. The Kier molecular flexibility index (Phi) is 3.29. The molecule has 2 aromatic rings. The van der Waals surface area contributed by atoms with Crippen molar-refractivity contribution in [1.82, 2.24) is 29.6 Å². The third-order valence-electron chi connectivity index (χ3n) is 5.48. The summed E-state index contributed by atoms with van der Waals surface area (Å²) >= 11 is 0. The van der Waals surface area contributed by atoms with Crippen LogP contribution in [0.3, 0.4) is 0 Å². The van der Waals surface area contributed by atoms with Crippen LogP contribution in [0.5, 0.6) is 0 Å². The van der Waals surface area contributed by atoms with Crippen molar-refractivity contribution < 1.29 is 0 Å². The summed E-state index contributed by atoms with van der Waals surface area (Å²) in [6, 6.07) is 2.64. The number of nitrogens with zero attached hydrogens (tertiary/aromatic N) is 7. The highest BCUT2D eigenvalue weighted by molar-refractivity contribution is 5.42. The fourth-order valence-corrected chi connectivity index (χ4v) is 3.76. The first-order chi connectivity index (χ1) is 11.8. The smallest absolute Gasteiger partial charge is 0.147 e. The summed E-state index contributed by atoms with van der Waals surface area (Å²) in [7, 11) is 0. The van der Waals surface area contributed by atoms with Crippen molar-refractivity contribution in [1.29, 1.82) is 0 Å². The molecule has 2 fully saturated rings. The van der Waals surface area contributed by atoms with Gasteiger partial charge in [-0.3, -0.25) is 4.90 Å². The van der Waals surface area contributed by atoms with Gasteiger partial charge in [0.15, 0.2) is 0 Å². The predicted molar refractivity (Wildman–Crippen MR) is 89.8 cm³/mol. The normalized spacial score (nSPS) is 21.6. The van der Waals surface area contributed by atoms with E-state index in [4.69, 9.17) is 4.98 Å². The Bertz CT molecular complexity index is 745. The van der Waals surface area contributed by atoms with Crippen molar-refractivity contribution in [2.24, 2.45) is 0 Å². The van der Waals surface area contributed by atoms with Crippen LogP contribution in [0.4, 0.5) is 5.82 Å². The van der Waals surface area contributed by atoms with Crippen molar-refractivity contribution in [2.45, 2.75) is 51.2 Å². The van der Waals surface area contributed by atoms with E-state index in [-0.39, 0.29) is 0 Å². The third-order valence-corrected chi connectivity index (χ3v) is 5.48. The minimum absolute atomic E-state index is 0.597. The molecule has 3 aliphatic rings. The molecule has 0 N–H and O–H groups in total. The Labute approximate surface area is 141 Å². The molecule has 1 saturated heterocycles. The molecular weight excluding hydrogens is 302 g/mol. The van der Waals surface area contributed by atoms with Crippen LogP contribution >= 0.6 is 0 Å². The molecule has 24 heavy (non-hydrogen) atoms. The summed E-state index contributed by atoms with van der Waals surface area (Å²) in [6.45, 7) is 7.27. The van der Waals surface area contributed by atoms with E-state index < -0.39 is 0 Å². The van der Waals surface area contributed by atoms with Gasteiger partial charge in [0.1, 0.15) is 23.3 Å². The molecule has 0 spiro atoms. The fourth-order valence-electron chi connectivity index (χ4n) is 3.76. The molecule has 4 heterocycles. The highest BCUT2D eigenvalue weighted by Gasteiger charge is 2.36. The molecule has 2 aliphatic heterocycles. The van der Waals surface area contributed by atoms with E-state index in [1.807, 2.05) is 12.3 Å². The molecule has 5 rings (SSSR count). The summed E-state index contributed by atoms with van der Waals surface area (Å²) in [5.74, 6) is 4.98. The fraction of sp³-hybridized carbons (Fsp3) is 0.647. The lowest BCUT2D eigenvalue weighted by Gasteiger charge is -2.47. The maximum Gasteiger partial charge on any atom is 0.147 e. The van der Waals surface area contributed by atoms with Gasteiger partial charge in [-0.05, 0) is 18.9 Å². The SMILES string of the molecule is CCc1nnc2n1CCN(C1CN(c3ccnc(C4CC4)n3)C1)C2. The van der Waals surface area contributed by atoms with E-state index in [9.17, 15) is 0 Å². The number of anilines is 1. The number of rotatable bonds is 4. The summed E-state index contributed by atoms with van der Waals surface area (Å²) in [5, 5.41) is 8.68. The van der Waals surface area contributed by atoms with E-state index in [0.717, 1.165) is 62.4 Å². The van der Waals surface area contributed by atoms with Crippen LogP contribution in [0, 0.1) is 0 Å². The van der Waals surface area contributed by atoms with Crippen LogP contribution in [0.15, 0.2) is 12.3 Å². The standard InChI is InChI=1S/C17H23N7/c1-2-14-20-21-16-11-22(7-8-24(14)16)13-9-23(10-13)15-5-6-18-17(19-15)12-3-4-12/h5-6,12-13H,2-4,7-11H2,1H3. The Hall–Kier alpha value is -2.02. The van der Waals surface area contributed by atoms with Crippen LogP contribution < -0.4 is 4.90 Å². The Morgan fingerprint density at radius 1 is 1.17 bits per heavy atom. The molecule has 0 bridgehead atoms. The average Bonchev–Trinajstić information content (AvgIpc) is 3.34. The van der Waals surface area contributed by atoms with E-state index in [1.165, 1.54) is 12.8 Å². The highest BCUT2D eigenvalue weighted by atomic mass is 15.4. The van der Waals surface area contributed by atoms with Gasteiger partial charge in [-0.2, -0.15) is 0 Å². The zero-order chi connectivity index (χ0) is 16.1. The largest absolute Gasteiger partial charge is 0.353 e. The number of hydrogen-bond donors (Lipinski definition) is 0. The second-order valence-corrected chi connectivity index (χ2v) is 7.11. The van der Waals surface area contributed by atoms with Gasteiger partial charge in [0.2, 0.25) is 0 Å². The van der Waals surface area contributed by atoms with Crippen molar-refractivity contribution in [3.05, 3.63) is 29.7 Å². The van der Waals surface area contributed by atoms with E-state index in [0.29, 0.717) is 12.0 Å². The quantitative estimate of drug-likeness (QED) is 0.842. The molecule has 0 aromatic carbocycles. The first-order valence-electron chi connectivity index (χ1n) is 9.04. The Morgan fingerprint density at radius 2 is 2.04 bits per heavy atom. The van der Waals surface area contributed by atoms with Crippen molar-refractivity contribution >= 4 is 5.82 Å². The maximum absolute atomic E-state index is 4.76. The van der Waals surface area contributed by atoms with Gasteiger partial charge < -0.3 is 9.47 Å². The van der Waals surface area contributed by atoms with Gasteiger partial charge >= 0.3 is 0 Å². The van der Waals surface area contributed by atoms with Crippen molar-refractivity contribution in [3.8, 4) is 0 Å². The van der Waals surface area contributed by atoms with Gasteiger partial charge in [0.05, 0.1) is 6.54 Å². The molecule has 0 amide bonds. The van der Waals surface area contributed by atoms with Crippen LogP contribution in [-0.4, -0.2) is 55.3 Å². The number of aromatic nitrogens is 5. The van der Waals surface area contributed by atoms with Gasteiger partial charge in [-0.15, -0.1) is 10.2 Å². The summed E-state index contributed by atoms with van der Waals surface area (Å²) in [5.41, 5.74) is 0. The second kappa shape index (κ2) is 5.51. The molecule has 7 heteroatoms. The van der Waals surface area contributed by atoms with Gasteiger partial charge in [-0.1, -0.05) is 6.92 Å². The van der Waals surface area contributed by atoms with Crippen LogP contribution in [0.25, 0.3) is 0 Å². The highest BCUT2D eigenvalue weighted by Crippen LogP contribution is 2.38. The topological polar surface area (TPSA) is 63.0 Å². The molecule has 126 valence electrons. The lowest BCUT2D eigenvalue weighted by atomic mass is 10.1. The Morgan fingerprint density at radius 3 is 2.83 bits per heavy atom. The van der Waals surface area contributed by atoms with Gasteiger partial charge in [0.25, 0.3) is 0 Å². The lowest BCUT2D eigenvalue weighted by Crippen LogP contribution is -2.61. The minimum atomic E-state index is 0.597. The monoisotopic (exact) mass is 325 g/mol. The van der Waals surface area contributed by atoms with Crippen molar-refractivity contribution in [2.75, 3.05) is 24.5 Å². The zero-order valence-corrected chi connectivity index (χ0v) is 14.1. The summed E-state index contributed by atoms with van der Waals surface area (Å²) in [6.07, 6.45) is 5.38. The molecule has 1 aliphatic carbocycles. The molecule has 2 aromatic heterocycles. The first-order valence-corrected chi connectivity index (χ1v) is 9.04. The lowest BCUT2D eigenvalue weighted by molar-refractivity contribution is 0.127. The van der Waals surface area contributed by atoms with Gasteiger partial charge in [-0.25, -0.2) is 9.97 Å². The summed E-state index contributed by atoms with van der Waals surface area (Å²) < 4.78 is 2.29. The molecule has 0 radical (unpaired) electrons. The molecule has 1 saturated carbocycles. The Balaban J connectivity index is 1.23. The molecule has 0 unspecified atom stereocenters. The minimum Gasteiger partial charge on any atom is -0.353 e. The van der Waals surface area contributed by atoms with E-state index in [2.05, 4.69) is 36.5 Å². The van der Waals surface area contributed by atoms with Gasteiger partial charge in [0, 0.05) is 50.8 Å². The van der Waals surface area contributed by atoms with Crippen LogP contribution in [-0.2, 0) is 19.5 Å². The van der Waals surface area contributed by atoms with Crippen LogP contribution in [0.2, 0.25) is 0 Å². The van der Waals surface area contributed by atoms with Crippen molar-refractivity contribution in [3.63, 3.8) is 0 Å². The maximum atomic E-state index is 4.76. The third kappa shape index (κ3) is 2.38. The number of hydrogen-bond acceptors (Lipinski definition) is 6. The average molecular weight is 325 g/mol. The second-order valence-electron chi connectivity index (χ2n) is 7.11. The number of aryl methyl sites for hydroxylation is 1. The van der Waals surface area contributed by atoms with Crippen LogP contribution in [0.1, 0.15) is 43.2 Å². The molecule has 7 nitrogen and oxygen atoms in total. The number of fused-ring (bicyclic) bond motifs is 1. The predicted octanol–water partition coefficient (Wildman–Crippen LogP) is 1.21. The molecular formula is C17H23N7. The first kappa shape index (κ1) is 14.3. The van der Waals surface area contributed by atoms with E-state index in [1.54, 1.807) is 0 Å². The molecule has 0 atom stereocenters. The zero-order valence-electron chi connectivity index (χ0n) is 14.1.